The summed E-state index contributed by atoms with van der Waals surface area (Å²) in [6.45, 7) is 4.83. The molecule has 0 amide bonds. The summed E-state index contributed by atoms with van der Waals surface area (Å²) < 4.78 is 10.5. The molecule has 6 nitrogen and oxygen atoms in total. The number of Topliss-reactive ketones (excluding diaryl/α,β-unsaturated/α-hetero) is 1. The van der Waals surface area contributed by atoms with Gasteiger partial charge in [-0.25, -0.2) is 0 Å². The molecular formula is C25H30N2O4. The van der Waals surface area contributed by atoms with E-state index in [0.717, 1.165) is 29.3 Å². The number of aliphatic hydroxyl groups excluding tert-OH is 1. The lowest BCUT2D eigenvalue weighted by Crippen LogP contribution is -2.09. The molecule has 0 bridgehead atoms. The van der Waals surface area contributed by atoms with Crippen molar-refractivity contribution in [2.24, 2.45) is 0 Å². The highest BCUT2D eigenvalue weighted by Crippen LogP contribution is 2.36. The van der Waals surface area contributed by atoms with Crippen LogP contribution in [0.25, 0.3) is 16.8 Å². The maximum absolute atomic E-state index is 12.5. The summed E-state index contributed by atoms with van der Waals surface area (Å²) in [6.07, 6.45) is 3.62. The van der Waals surface area contributed by atoms with E-state index in [0.29, 0.717) is 38.9 Å². The maximum Gasteiger partial charge on any atom is 0.173 e. The number of allylic oxidation sites excluding steroid dienone is 1. The van der Waals surface area contributed by atoms with Gasteiger partial charge in [0, 0.05) is 36.7 Å². The lowest BCUT2D eigenvalue weighted by molar-refractivity contribution is -0.115. The van der Waals surface area contributed by atoms with Crippen molar-refractivity contribution < 1.29 is 19.4 Å². The summed E-state index contributed by atoms with van der Waals surface area (Å²) in [5, 5.41) is 20.4. The Bertz CT molecular complexity index is 964. The van der Waals surface area contributed by atoms with Crippen LogP contribution in [0.1, 0.15) is 31.7 Å². The summed E-state index contributed by atoms with van der Waals surface area (Å²) in [5.41, 5.74) is 2.24. The normalized spacial score (nSPS) is 15.8. The number of carbonyl (C=O) groups excluding carboxylic acids is 1. The first-order chi connectivity index (χ1) is 15.2. The molecule has 2 aromatic carbocycles. The molecule has 1 fully saturated rings. The molecule has 0 aromatic heterocycles. The number of carbonyl (C=O) groups is 1. The quantitative estimate of drug-likeness (QED) is 0.229. The van der Waals surface area contributed by atoms with Crippen molar-refractivity contribution in [1.82, 2.24) is 0 Å². The second-order valence-electron chi connectivity index (χ2n) is 7.62. The number of rotatable bonds is 13. The number of anilines is 1. The van der Waals surface area contributed by atoms with Crippen LogP contribution in [0, 0.1) is 11.3 Å². The summed E-state index contributed by atoms with van der Waals surface area (Å²) in [5.74, 6) is -0.173. The number of hydrogen-bond donors (Lipinski definition) is 1. The van der Waals surface area contributed by atoms with Crippen LogP contribution in [0.2, 0.25) is 0 Å². The first-order valence-electron chi connectivity index (χ1n) is 10.9. The van der Waals surface area contributed by atoms with E-state index in [2.05, 4.69) is 42.2 Å². The molecule has 1 N–H and O–H groups in total. The zero-order valence-corrected chi connectivity index (χ0v) is 18.0. The van der Waals surface area contributed by atoms with Crippen molar-refractivity contribution in [2.45, 2.75) is 32.2 Å². The van der Waals surface area contributed by atoms with Crippen molar-refractivity contribution in [2.75, 3.05) is 44.5 Å². The van der Waals surface area contributed by atoms with E-state index in [9.17, 15) is 10.1 Å². The number of nitriles is 1. The standard InChI is InChI=1S/C25H30N2O4/c1-2-22-18-27(22)24-6-3-5-20-9-8-19(16-23(20)24)15-21(17-26)25(29)7-4-11-30-13-14-31-12-10-28/h3,5-6,8-9,15-16,22,28H,2,4,7,10-14,18H2,1H3/b21-15+. The summed E-state index contributed by atoms with van der Waals surface area (Å²) in [4.78, 5) is 14.9. The molecule has 31 heavy (non-hydrogen) atoms. The molecule has 3 rings (SSSR count). The average molecular weight is 423 g/mol. The Morgan fingerprint density at radius 1 is 1.23 bits per heavy atom. The van der Waals surface area contributed by atoms with Crippen molar-refractivity contribution in [3.8, 4) is 6.07 Å². The van der Waals surface area contributed by atoms with Gasteiger partial charge in [0.2, 0.25) is 0 Å². The molecule has 1 heterocycles. The van der Waals surface area contributed by atoms with Crippen molar-refractivity contribution >= 4 is 28.3 Å². The van der Waals surface area contributed by atoms with Crippen LogP contribution in [0.4, 0.5) is 5.69 Å². The van der Waals surface area contributed by atoms with Crippen molar-refractivity contribution in [3.05, 3.63) is 47.5 Å². The Hall–Kier alpha value is -2.72. The largest absolute Gasteiger partial charge is 0.394 e. The van der Waals surface area contributed by atoms with Crippen molar-refractivity contribution in [3.63, 3.8) is 0 Å². The van der Waals surface area contributed by atoms with Gasteiger partial charge >= 0.3 is 0 Å². The molecule has 1 saturated heterocycles. The Kier molecular flexibility index (Phi) is 8.60. The predicted octanol–water partition coefficient (Wildman–Crippen LogP) is 3.72. The molecule has 2 aromatic rings. The Labute approximate surface area is 183 Å². The molecule has 0 radical (unpaired) electrons. The zero-order chi connectivity index (χ0) is 22.1. The van der Waals surface area contributed by atoms with E-state index in [4.69, 9.17) is 14.6 Å². The maximum atomic E-state index is 12.5. The fraction of sp³-hybridized carbons (Fsp3) is 0.440. The van der Waals surface area contributed by atoms with Gasteiger partial charge in [0.15, 0.2) is 5.78 Å². The predicted molar refractivity (Wildman–Crippen MR) is 122 cm³/mol. The summed E-state index contributed by atoms with van der Waals surface area (Å²) in [6, 6.07) is 15.0. The molecule has 0 aliphatic carbocycles. The van der Waals surface area contributed by atoms with Gasteiger partial charge in [0.05, 0.1) is 32.0 Å². The molecule has 0 saturated carbocycles. The van der Waals surface area contributed by atoms with Gasteiger partial charge in [-0.1, -0.05) is 31.2 Å². The van der Waals surface area contributed by atoms with Crippen LogP contribution in [-0.2, 0) is 14.3 Å². The Balaban J connectivity index is 1.60. The minimum Gasteiger partial charge on any atom is -0.394 e. The smallest absolute Gasteiger partial charge is 0.173 e. The van der Waals surface area contributed by atoms with Crippen LogP contribution in [0.3, 0.4) is 0 Å². The number of ketones is 1. The van der Waals surface area contributed by atoms with Crippen LogP contribution in [0.5, 0.6) is 0 Å². The molecule has 1 aliphatic rings. The van der Waals surface area contributed by atoms with E-state index in [1.54, 1.807) is 6.08 Å². The highest BCUT2D eigenvalue weighted by molar-refractivity contribution is 6.04. The van der Waals surface area contributed by atoms with E-state index >= 15 is 0 Å². The number of hydrogen-bond acceptors (Lipinski definition) is 6. The van der Waals surface area contributed by atoms with Crippen LogP contribution < -0.4 is 4.90 Å². The molecule has 1 atom stereocenters. The molecule has 1 unspecified atom stereocenters. The number of benzene rings is 2. The van der Waals surface area contributed by atoms with Crippen LogP contribution in [-0.4, -0.2) is 56.5 Å². The highest BCUT2D eigenvalue weighted by atomic mass is 16.5. The monoisotopic (exact) mass is 422 g/mol. The lowest BCUT2D eigenvalue weighted by Gasteiger charge is -2.10. The number of nitrogens with zero attached hydrogens (tertiary/aromatic N) is 2. The molecule has 0 spiro atoms. The summed E-state index contributed by atoms with van der Waals surface area (Å²) in [7, 11) is 0. The molecule has 1 aliphatic heterocycles. The van der Waals surface area contributed by atoms with E-state index in [-0.39, 0.29) is 24.4 Å². The van der Waals surface area contributed by atoms with Gasteiger partial charge in [-0.15, -0.1) is 0 Å². The van der Waals surface area contributed by atoms with Gasteiger partial charge in [-0.2, -0.15) is 5.26 Å². The van der Waals surface area contributed by atoms with Gasteiger partial charge in [0.25, 0.3) is 0 Å². The topological polar surface area (TPSA) is 82.6 Å². The average Bonchev–Trinajstić information content (AvgIpc) is 3.58. The van der Waals surface area contributed by atoms with Crippen molar-refractivity contribution in [1.29, 1.82) is 5.26 Å². The fourth-order valence-corrected chi connectivity index (χ4v) is 3.64. The SMILES string of the molecule is CCC1CN1c1cccc2ccc(/C=C(\C#N)C(=O)CCCOCCOCCO)cc12. The third-order valence-electron chi connectivity index (χ3n) is 5.41. The van der Waals surface area contributed by atoms with Gasteiger partial charge in [-0.3, -0.25) is 4.79 Å². The minimum atomic E-state index is -0.173. The fourth-order valence-electron chi connectivity index (χ4n) is 3.64. The first-order valence-corrected chi connectivity index (χ1v) is 10.9. The number of ether oxygens (including phenoxy) is 2. The molecule has 164 valence electrons. The number of aliphatic hydroxyl groups is 1. The molecular weight excluding hydrogens is 392 g/mol. The minimum absolute atomic E-state index is 0.00614. The Morgan fingerprint density at radius 3 is 2.74 bits per heavy atom. The Morgan fingerprint density at radius 2 is 2.03 bits per heavy atom. The third kappa shape index (κ3) is 6.38. The van der Waals surface area contributed by atoms with Crippen LogP contribution in [0.15, 0.2) is 42.0 Å². The van der Waals surface area contributed by atoms with Gasteiger partial charge in [-0.05, 0) is 42.0 Å². The van der Waals surface area contributed by atoms with Gasteiger partial charge in [0.1, 0.15) is 6.07 Å². The lowest BCUT2D eigenvalue weighted by atomic mass is 10.0. The highest BCUT2D eigenvalue weighted by Gasteiger charge is 2.32. The van der Waals surface area contributed by atoms with Gasteiger partial charge < -0.3 is 19.5 Å². The van der Waals surface area contributed by atoms with E-state index < -0.39 is 0 Å². The molecule has 6 heteroatoms. The first kappa shape index (κ1) is 23.0. The number of fused-ring (bicyclic) bond motifs is 1. The second kappa shape index (κ2) is 11.6. The zero-order valence-electron chi connectivity index (χ0n) is 18.0. The second-order valence-corrected chi connectivity index (χ2v) is 7.62. The van der Waals surface area contributed by atoms with E-state index in [1.165, 1.54) is 5.69 Å². The third-order valence-corrected chi connectivity index (χ3v) is 5.41. The summed E-state index contributed by atoms with van der Waals surface area (Å²) >= 11 is 0. The van der Waals surface area contributed by atoms with E-state index in [1.807, 2.05) is 12.1 Å². The van der Waals surface area contributed by atoms with Crippen LogP contribution >= 0.6 is 0 Å².